The molecular weight excluding hydrogens is 250 g/mol. The summed E-state index contributed by atoms with van der Waals surface area (Å²) in [4.78, 5) is 4.96. The van der Waals surface area contributed by atoms with Gasteiger partial charge in [0.1, 0.15) is 0 Å². The predicted octanol–water partition coefficient (Wildman–Crippen LogP) is 0.495. The molecule has 0 aliphatic carbocycles. The molecule has 1 saturated heterocycles. The van der Waals surface area contributed by atoms with Crippen LogP contribution in [0.2, 0.25) is 0 Å². The van der Waals surface area contributed by atoms with Gasteiger partial charge in [-0.15, -0.1) is 0 Å². The lowest BCUT2D eigenvalue weighted by Crippen LogP contribution is -2.52. The number of rotatable bonds is 4. The van der Waals surface area contributed by atoms with Crippen LogP contribution in [0.15, 0.2) is 6.07 Å². The fraction of sp³-hybridized carbons (Fsp3) is 0.800. The third-order valence-corrected chi connectivity index (χ3v) is 4.48. The molecule has 1 aliphatic rings. The third-order valence-electron chi connectivity index (χ3n) is 4.48. The van der Waals surface area contributed by atoms with Crippen LogP contribution in [0.25, 0.3) is 0 Å². The van der Waals surface area contributed by atoms with E-state index in [1.807, 2.05) is 11.7 Å². The second-order valence-electron chi connectivity index (χ2n) is 6.16. The molecule has 1 aromatic heterocycles. The van der Waals surface area contributed by atoms with Crippen molar-refractivity contribution in [2.75, 3.05) is 40.8 Å². The SMILES string of the molecule is CNC(Cc1cc(C)nn1C)C1CN(C)CCCN1C. The molecule has 0 bridgehead atoms. The van der Waals surface area contributed by atoms with Crippen LogP contribution in [0, 0.1) is 6.92 Å². The molecule has 5 nitrogen and oxygen atoms in total. The molecule has 0 saturated carbocycles. The van der Waals surface area contributed by atoms with E-state index in [1.54, 1.807) is 0 Å². The summed E-state index contributed by atoms with van der Waals surface area (Å²) in [5, 5.41) is 7.99. The van der Waals surface area contributed by atoms with Crippen molar-refractivity contribution in [1.82, 2.24) is 24.9 Å². The number of hydrogen-bond donors (Lipinski definition) is 1. The molecule has 0 spiro atoms. The number of nitrogens with zero attached hydrogens (tertiary/aromatic N) is 4. The first-order chi connectivity index (χ1) is 9.51. The van der Waals surface area contributed by atoms with Crippen molar-refractivity contribution in [3.05, 3.63) is 17.5 Å². The zero-order valence-corrected chi connectivity index (χ0v) is 13.6. The molecule has 0 radical (unpaired) electrons. The monoisotopic (exact) mass is 279 g/mol. The summed E-state index contributed by atoms with van der Waals surface area (Å²) in [6.45, 7) is 5.56. The summed E-state index contributed by atoms with van der Waals surface area (Å²) in [5.41, 5.74) is 2.41. The first-order valence-corrected chi connectivity index (χ1v) is 7.57. The number of likely N-dealkylation sites (N-methyl/N-ethyl adjacent to an activating group) is 3. The predicted molar refractivity (Wildman–Crippen MR) is 83.0 cm³/mol. The lowest BCUT2D eigenvalue weighted by Gasteiger charge is -2.34. The van der Waals surface area contributed by atoms with Gasteiger partial charge in [-0.25, -0.2) is 0 Å². The van der Waals surface area contributed by atoms with Crippen LogP contribution >= 0.6 is 0 Å². The highest BCUT2D eigenvalue weighted by Gasteiger charge is 2.28. The van der Waals surface area contributed by atoms with Crippen molar-refractivity contribution in [3.63, 3.8) is 0 Å². The van der Waals surface area contributed by atoms with Crippen LogP contribution in [-0.2, 0) is 13.5 Å². The van der Waals surface area contributed by atoms with Crippen molar-refractivity contribution < 1.29 is 0 Å². The number of aryl methyl sites for hydroxylation is 2. The molecule has 5 heteroatoms. The molecule has 0 aromatic carbocycles. The first-order valence-electron chi connectivity index (χ1n) is 7.57. The van der Waals surface area contributed by atoms with Gasteiger partial charge in [0.05, 0.1) is 5.69 Å². The number of nitrogens with one attached hydrogen (secondary N) is 1. The normalized spacial score (nSPS) is 23.8. The second kappa shape index (κ2) is 6.70. The van der Waals surface area contributed by atoms with E-state index in [0.717, 1.165) is 18.7 Å². The fourth-order valence-corrected chi connectivity index (χ4v) is 3.25. The van der Waals surface area contributed by atoms with E-state index in [1.165, 1.54) is 25.2 Å². The number of hydrogen-bond acceptors (Lipinski definition) is 4. The average Bonchev–Trinajstić information content (AvgIpc) is 2.60. The Labute approximate surface area is 122 Å². The Morgan fingerprint density at radius 3 is 2.70 bits per heavy atom. The van der Waals surface area contributed by atoms with Crippen molar-refractivity contribution in [3.8, 4) is 0 Å². The Kier molecular flexibility index (Phi) is 5.18. The van der Waals surface area contributed by atoms with Crippen LogP contribution in [0.1, 0.15) is 17.8 Å². The molecule has 114 valence electrons. The van der Waals surface area contributed by atoms with E-state index < -0.39 is 0 Å². The number of aromatic nitrogens is 2. The second-order valence-corrected chi connectivity index (χ2v) is 6.16. The van der Waals surface area contributed by atoms with Crippen LogP contribution in [0.3, 0.4) is 0 Å². The van der Waals surface area contributed by atoms with Crippen molar-refractivity contribution in [2.24, 2.45) is 7.05 Å². The Bertz CT molecular complexity index is 428. The molecule has 2 rings (SSSR count). The quantitative estimate of drug-likeness (QED) is 0.870. The summed E-state index contributed by atoms with van der Waals surface area (Å²) < 4.78 is 2.01. The highest BCUT2D eigenvalue weighted by atomic mass is 15.3. The van der Waals surface area contributed by atoms with E-state index >= 15 is 0 Å². The maximum absolute atomic E-state index is 4.46. The van der Waals surface area contributed by atoms with Gasteiger partial charge in [-0.3, -0.25) is 4.68 Å². The fourth-order valence-electron chi connectivity index (χ4n) is 3.25. The minimum absolute atomic E-state index is 0.454. The average molecular weight is 279 g/mol. The lowest BCUT2D eigenvalue weighted by molar-refractivity contribution is 0.180. The summed E-state index contributed by atoms with van der Waals surface area (Å²) >= 11 is 0. The summed E-state index contributed by atoms with van der Waals surface area (Å²) in [7, 11) is 8.60. The molecule has 2 heterocycles. The molecule has 2 unspecified atom stereocenters. The van der Waals surface area contributed by atoms with Gasteiger partial charge < -0.3 is 15.1 Å². The summed E-state index contributed by atoms with van der Waals surface area (Å²) in [6.07, 6.45) is 2.28. The van der Waals surface area contributed by atoms with Gasteiger partial charge in [0.2, 0.25) is 0 Å². The van der Waals surface area contributed by atoms with Crippen molar-refractivity contribution >= 4 is 0 Å². The third kappa shape index (κ3) is 3.59. The van der Waals surface area contributed by atoms with E-state index in [4.69, 9.17) is 0 Å². The lowest BCUT2D eigenvalue weighted by atomic mass is 10.0. The molecular formula is C15H29N5. The Morgan fingerprint density at radius 1 is 1.35 bits per heavy atom. The van der Waals surface area contributed by atoms with Crippen LogP contribution < -0.4 is 5.32 Å². The van der Waals surface area contributed by atoms with Crippen molar-refractivity contribution in [2.45, 2.75) is 31.8 Å². The Hall–Kier alpha value is -0.910. The maximum Gasteiger partial charge on any atom is 0.0596 e. The highest BCUT2D eigenvalue weighted by molar-refractivity contribution is 5.11. The van der Waals surface area contributed by atoms with Gasteiger partial charge in [0, 0.05) is 37.8 Å². The zero-order valence-electron chi connectivity index (χ0n) is 13.6. The largest absolute Gasteiger partial charge is 0.315 e. The molecule has 1 N–H and O–H groups in total. The van der Waals surface area contributed by atoms with Crippen LogP contribution in [-0.4, -0.2) is 72.4 Å². The smallest absolute Gasteiger partial charge is 0.0596 e. The van der Waals surface area contributed by atoms with E-state index in [0.29, 0.717) is 12.1 Å². The van der Waals surface area contributed by atoms with Gasteiger partial charge in [-0.2, -0.15) is 5.10 Å². The highest BCUT2D eigenvalue weighted by Crippen LogP contribution is 2.14. The molecule has 2 atom stereocenters. The molecule has 1 aliphatic heterocycles. The summed E-state index contributed by atoms with van der Waals surface area (Å²) in [5.74, 6) is 0. The van der Waals surface area contributed by atoms with E-state index in [9.17, 15) is 0 Å². The Morgan fingerprint density at radius 2 is 2.10 bits per heavy atom. The van der Waals surface area contributed by atoms with Gasteiger partial charge in [-0.1, -0.05) is 0 Å². The van der Waals surface area contributed by atoms with Gasteiger partial charge in [0.15, 0.2) is 0 Å². The van der Waals surface area contributed by atoms with Gasteiger partial charge in [0.25, 0.3) is 0 Å². The van der Waals surface area contributed by atoms with Gasteiger partial charge >= 0.3 is 0 Å². The summed E-state index contributed by atoms with van der Waals surface area (Å²) in [6, 6.07) is 3.20. The maximum atomic E-state index is 4.46. The minimum atomic E-state index is 0.454. The standard InChI is InChI=1S/C15H29N5/c1-12-9-13(20(5)17-12)10-14(16-2)15-11-18(3)7-6-8-19(15)4/h9,14-16H,6-8,10-11H2,1-5H3. The molecule has 1 aromatic rings. The van der Waals surface area contributed by atoms with Gasteiger partial charge in [-0.05, 0) is 53.6 Å². The first kappa shape index (κ1) is 15.5. The topological polar surface area (TPSA) is 36.3 Å². The zero-order chi connectivity index (χ0) is 14.7. The Balaban J connectivity index is 2.11. The molecule has 0 amide bonds. The molecule has 20 heavy (non-hydrogen) atoms. The van der Waals surface area contributed by atoms with E-state index in [-0.39, 0.29) is 0 Å². The van der Waals surface area contributed by atoms with E-state index in [2.05, 4.69) is 54.3 Å². The van der Waals surface area contributed by atoms with Crippen molar-refractivity contribution in [1.29, 1.82) is 0 Å². The van der Waals surface area contributed by atoms with Crippen LogP contribution in [0.5, 0.6) is 0 Å². The molecule has 1 fully saturated rings. The van der Waals surface area contributed by atoms with Crippen LogP contribution in [0.4, 0.5) is 0 Å². The minimum Gasteiger partial charge on any atom is -0.315 e.